The van der Waals surface area contributed by atoms with E-state index in [4.69, 9.17) is 4.74 Å². The lowest BCUT2D eigenvalue weighted by Crippen LogP contribution is -2.54. The molecule has 0 radical (unpaired) electrons. The first-order valence-corrected chi connectivity index (χ1v) is 10.2. The number of benzene rings is 1. The molecule has 4 amide bonds. The largest absolute Gasteiger partial charge is 0.492 e. The van der Waals surface area contributed by atoms with Crippen molar-refractivity contribution in [2.24, 2.45) is 0 Å². The van der Waals surface area contributed by atoms with E-state index < -0.39 is 17.8 Å². The third-order valence-electron chi connectivity index (χ3n) is 5.16. The fraction of sp³-hybridized carbons (Fsp3) is 0.167. The molecule has 3 heterocycles. The Kier molecular flexibility index (Phi) is 5.59. The fourth-order valence-electron chi connectivity index (χ4n) is 3.72. The number of hydrogen-bond donors (Lipinski definition) is 1. The number of aromatic nitrogens is 2. The molecule has 1 fully saturated rings. The summed E-state index contributed by atoms with van der Waals surface area (Å²) in [7, 11) is 0. The second-order valence-corrected chi connectivity index (χ2v) is 7.21. The Morgan fingerprint density at radius 1 is 1.06 bits per heavy atom. The first kappa shape index (κ1) is 21.0. The van der Waals surface area contributed by atoms with E-state index in [0.29, 0.717) is 17.9 Å². The van der Waals surface area contributed by atoms with Gasteiger partial charge in [0.1, 0.15) is 17.1 Å². The number of carbonyl (C=O) groups excluding carboxylic acids is 3. The van der Waals surface area contributed by atoms with Crippen LogP contribution in [-0.4, -0.2) is 34.0 Å². The third-order valence-corrected chi connectivity index (χ3v) is 5.16. The van der Waals surface area contributed by atoms with Crippen molar-refractivity contribution in [1.29, 1.82) is 0 Å². The van der Waals surface area contributed by atoms with Crippen molar-refractivity contribution in [3.8, 4) is 11.6 Å². The quantitative estimate of drug-likeness (QED) is 0.494. The van der Waals surface area contributed by atoms with Crippen molar-refractivity contribution in [3.05, 3.63) is 77.3 Å². The highest BCUT2D eigenvalue weighted by molar-refractivity contribution is 6.39. The summed E-state index contributed by atoms with van der Waals surface area (Å²) in [4.78, 5) is 43.7. The maximum atomic E-state index is 13.3. The highest BCUT2D eigenvalue weighted by atomic mass is 16.5. The van der Waals surface area contributed by atoms with Gasteiger partial charge in [-0.2, -0.15) is 0 Å². The van der Waals surface area contributed by atoms with Crippen LogP contribution in [0.15, 0.2) is 60.3 Å². The van der Waals surface area contributed by atoms with Crippen LogP contribution in [-0.2, 0) is 9.59 Å². The highest BCUT2D eigenvalue weighted by Gasteiger charge is 2.38. The van der Waals surface area contributed by atoms with E-state index in [1.54, 1.807) is 37.4 Å². The predicted octanol–water partition coefficient (Wildman–Crippen LogP) is 3.55. The van der Waals surface area contributed by atoms with E-state index in [-0.39, 0.29) is 11.3 Å². The monoisotopic (exact) mass is 430 g/mol. The van der Waals surface area contributed by atoms with E-state index in [2.05, 4.69) is 10.3 Å². The standard InChI is InChI=1S/C24H22N4O4/c1-4-32-20-10-6-5-9-19(20)28-23(30)18(22(29)26-24(28)31)14-17-13-15(2)27(16(17)3)21-11-7-8-12-25-21/h5-14H,4H2,1-3H3,(H,26,29,31)/b18-14+. The number of hydrogen-bond acceptors (Lipinski definition) is 5. The summed E-state index contributed by atoms with van der Waals surface area (Å²) in [6, 6.07) is 13.3. The van der Waals surface area contributed by atoms with Gasteiger partial charge in [-0.25, -0.2) is 14.7 Å². The molecule has 1 aromatic carbocycles. The van der Waals surface area contributed by atoms with Crippen molar-refractivity contribution in [2.75, 3.05) is 11.5 Å². The lowest BCUT2D eigenvalue weighted by molar-refractivity contribution is -0.122. The van der Waals surface area contributed by atoms with Crippen LogP contribution >= 0.6 is 0 Å². The average molecular weight is 430 g/mol. The van der Waals surface area contributed by atoms with Crippen molar-refractivity contribution >= 4 is 29.6 Å². The number of rotatable bonds is 5. The van der Waals surface area contributed by atoms with E-state index >= 15 is 0 Å². The first-order valence-electron chi connectivity index (χ1n) is 10.2. The lowest BCUT2D eigenvalue weighted by Gasteiger charge is -2.27. The molecule has 2 aromatic heterocycles. The minimum atomic E-state index is -0.816. The van der Waals surface area contributed by atoms with Gasteiger partial charge in [0.05, 0.1) is 12.3 Å². The van der Waals surface area contributed by atoms with Gasteiger partial charge in [-0.05, 0) is 62.7 Å². The normalized spacial score (nSPS) is 15.3. The fourth-order valence-corrected chi connectivity index (χ4v) is 3.72. The molecule has 0 unspecified atom stereocenters. The van der Waals surface area contributed by atoms with Crippen LogP contribution in [0.2, 0.25) is 0 Å². The second kappa shape index (κ2) is 8.50. The number of imide groups is 2. The first-order chi connectivity index (χ1) is 15.4. The molecule has 0 spiro atoms. The van der Waals surface area contributed by atoms with Crippen LogP contribution in [0.5, 0.6) is 5.75 Å². The summed E-state index contributed by atoms with van der Waals surface area (Å²) in [5.74, 6) is -0.351. The predicted molar refractivity (Wildman–Crippen MR) is 120 cm³/mol. The molecule has 0 bridgehead atoms. The van der Waals surface area contributed by atoms with Gasteiger partial charge in [-0.3, -0.25) is 14.9 Å². The number of nitrogens with zero attached hydrogens (tertiary/aromatic N) is 3. The Labute approximate surface area is 185 Å². The Hall–Kier alpha value is -4.20. The lowest BCUT2D eigenvalue weighted by atomic mass is 10.1. The summed E-state index contributed by atoms with van der Waals surface area (Å²) in [6.07, 6.45) is 3.20. The van der Waals surface area contributed by atoms with Gasteiger partial charge in [-0.1, -0.05) is 18.2 Å². The van der Waals surface area contributed by atoms with E-state index in [1.165, 1.54) is 6.08 Å². The number of urea groups is 1. The Morgan fingerprint density at radius 3 is 2.53 bits per heavy atom. The van der Waals surface area contributed by atoms with E-state index in [1.807, 2.05) is 42.7 Å². The van der Waals surface area contributed by atoms with E-state index in [0.717, 1.165) is 22.1 Å². The Morgan fingerprint density at radius 2 is 1.81 bits per heavy atom. The second-order valence-electron chi connectivity index (χ2n) is 7.21. The number of ether oxygens (including phenoxy) is 1. The number of anilines is 1. The van der Waals surface area contributed by atoms with Crippen molar-refractivity contribution in [3.63, 3.8) is 0 Å². The SMILES string of the molecule is CCOc1ccccc1N1C(=O)NC(=O)/C(=C\c2cc(C)n(-c3ccccn3)c2C)C1=O. The van der Waals surface area contributed by atoms with Crippen LogP contribution in [0, 0.1) is 13.8 Å². The molecule has 0 aliphatic carbocycles. The Bertz CT molecular complexity index is 1240. The van der Waals surface area contributed by atoms with Gasteiger partial charge in [0.25, 0.3) is 11.8 Å². The number of para-hydroxylation sites is 2. The van der Waals surface area contributed by atoms with Gasteiger partial charge in [0, 0.05) is 17.6 Å². The molecule has 32 heavy (non-hydrogen) atoms. The minimum Gasteiger partial charge on any atom is -0.492 e. The zero-order valence-electron chi connectivity index (χ0n) is 18.0. The molecule has 4 rings (SSSR count). The van der Waals surface area contributed by atoms with Crippen LogP contribution in [0.4, 0.5) is 10.5 Å². The molecule has 8 nitrogen and oxygen atoms in total. The van der Waals surface area contributed by atoms with Gasteiger partial charge < -0.3 is 9.30 Å². The average Bonchev–Trinajstić information content (AvgIpc) is 3.06. The number of nitrogens with one attached hydrogen (secondary N) is 1. The van der Waals surface area contributed by atoms with Crippen LogP contribution in [0.1, 0.15) is 23.9 Å². The molecule has 1 N–H and O–H groups in total. The highest BCUT2D eigenvalue weighted by Crippen LogP contribution is 2.31. The molecule has 162 valence electrons. The Balaban J connectivity index is 1.77. The molecular formula is C24H22N4O4. The molecular weight excluding hydrogens is 408 g/mol. The summed E-state index contributed by atoms with van der Waals surface area (Å²) in [5, 5.41) is 2.25. The van der Waals surface area contributed by atoms with Crippen LogP contribution in [0.25, 0.3) is 11.9 Å². The molecule has 0 saturated carbocycles. The molecule has 3 aromatic rings. The number of carbonyl (C=O) groups is 3. The third kappa shape index (κ3) is 3.66. The number of pyridine rings is 1. The van der Waals surface area contributed by atoms with Crippen LogP contribution in [0.3, 0.4) is 0 Å². The smallest absolute Gasteiger partial charge is 0.336 e. The summed E-state index contributed by atoms with van der Waals surface area (Å²) >= 11 is 0. The van der Waals surface area contributed by atoms with Crippen molar-refractivity contribution < 1.29 is 19.1 Å². The summed E-state index contributed by atoms with van der Waals surface area (Å²) in [6.45, 7) is 5.97. The van der Waals surface area contributed by atoms with Crippen molar-refractivity contribution in [1.82, 2.24) is 14.9 Å². The molecule has 8 heteroatoms. The number of amides is 4. The minimum absolute atomic E-state index is 0.142. The maximum Gasteiger partial charge on any atom is 0.336 e. The van der Waals surface area contributed by atoms with Gasteiger partial charge in [0.2, 0.25) is 0 Å². The maximum absolute atomic E-state index is 13.3. The molecule has 1 aliphatic rings. The summed E-state index contributed by atoms with van der Waals surface area (Å²) < 4.78 is 7.50. The van der Waals surface area contributed by atoms with Crippen LogP contribution < -0.4 is 15.0 Å². The van der Waals surface area contributed by atoms with E-state index in [9.17, 15) is 14.4 Å². The molecule has 1 aliphatic heterocycles. The molecule has 0 atom stereocenters. The number of barbiturate groups is 1. The zero-order valence-corrected chi connectivity index (χ0v) is 18.0. The topological polar surface area (TPSA) is 93.5 Å². The van der Waals surface area contributed by atoms with Gasteiger partial charge >= 0.3 is 6.03 Å². The summed E-state index contributed by atoms with van der Waals surface area (Å²) in [5.41, 5.74) is 2.52. The van der Waals surface area contributed by atoms with Crippen molar-refractivity contribution in [2.45, 2.75) is 20.8 Å². The molecule has 1 saturated heterocycles. The number of aryl methyl sites for hydroxylation is 1. The van der Waals surface area contributed by atoms with Gasteiger partial charge in [0.15, 0.2) is 0 Å². The zero-order chi connectivity index (χ0) is 22.8. The van der Waals surface area contributed by atoms with Gasteiger partial charge in [-0.15, -0.1) is 0 Å².